The molecule has 7 heteroatoms. The Labute approximate surface area is 158 Å². The van der Waals surface area contributed by atoms with Crippen LogP contribution in [-0.4, -0.2) is 31.8 Å². The Morgan fingerprint density at radius 3 is 2.56 bits per heavy atom. The van der Waals surface area contributed by atoms with E-state index < -0.39 is 0 Å². The highest BCUT2D eigenvalue weighted by Crippen LogP contribution is 2.17. The van der Waals surface area contributed by atoms with Gasteiger partial charge in [-0.15, -0.1) is 0 Å². The number of rotatable bonds is 6. The highest BCUT2D eigenvalue weighted by atomic mass is 16.2. The van der Waals surface area contributed by atoms with Gasteiger partial charge in [-0.3, -0.25) is 14.2 Å². The van der Waals surface area contributed by atoms with Crippen molar-refractivity contribution in [1.29, 1.82) is 0 Å². The standard InChI is InChI=1S/C20H25N5O2/c1-13(2)5-6-21-18(26)11-24-12-22-19-17(20(24)27)10-23-25(19)16-8-14(3)7-15(4)9-16/h7-10,12-13H,5-6,11H2,1-4H3,(H,21,26). The number of amides is 1. The van der Waals surface area contributed by atoms with E-state index >= 15 is 0 Å². The molecule has 3 aromatic rings. The summed E-state index contributed by atoms with van der Waals surface area (Å²) < 4.78 is 2.98. The average molecular weight is 367 g/mol. The molecule has 2 aromatic heterocycles. The molecule has 0 aliphatic rings. The largest absolute Gasteiger partial charge is 0.355 e. The predicted molar refractivity (Wildman–Crippen MR) is 105 cm³/mol. The molecule has 0 bridgehead atoms. The number of nitrogens with zero attached hydrogens (tertiary/aromatic N) is 4. The SMILES string of the molecule is Cc1cc(C)cc(-n2ncc3c(=O)n(CC(=O)NCCC(C)C)cnc32)c1. The van der Waals surface area contributed by atoms with E-state index in [9.17, 15) is 9.59 Å². The molecule has 27 heavy (non-hydrogen) atoms. The van der Waals surface area contributed by atoms with Gasteiger partial charge in [0.2, 0.25) is 5.91 Å². The fourth-order valence-corrected chi connectivity index (χ4v) is 3.03. The van der Waals surface area contributed by atoms with Crippen molar-refractivity contribution in [3.63, 3.8) is 0 Å². The van der Waals surface area contributed by atoms with Crippen molar-refractivity contribution in [2.75, 3.05) is 6.54 Å². The lowest BCUT2D eigenvalue weighted by Crippen LogP contribution is -2.33. The van der Waals surface area contributed by atoms with Crippen molar-refractivity contribution in [3.05, 3.63) is 52.2 Å². The zero-order chi connectivity index (χ0) is 19.6. The summed E-state index contributed by atoms with van der Waals surface area (Å²) in [6, 6.07) is 6.07. The minimum atomic E-state index is -0.269. The molecular formula is C20H25N5O2. The Morgan fingerprint density at radius 1 is 1.19 bits per heavy atom. The Morgan fingerprint density at radius 2 is 1.89 bits per heavy atom. The van der Waals surface area contributed by atoms with E-state index in [-0.39, 0.29) is 18.0 Å². The summed E-state index contributed by atoms with van der Waals surface area (Å²) in [5, 5.41) is 7.57. The van der Waals surface area contributed by atoms with E-state index in [1.807, 2.05) is 26.0 Å². The Bertz CT molecular complexity index is 1010. The molecular weight excluding hydrogens is 342 g/mol. The first-order valence-electron chi connectivity index (χ1n) is 9.13. The molecule has 142 valence electrons. The van der Waals surface area contributed by atoms with E-state index in [4.69, 9.17) is 0 Å². The first-order valence-corrected chi connectivity index (χ1v) is 9.13. The van der Waals surface area contributed by atoms with Crippen LogP contribution >= 0.6 is 0 Å². The molecule has 3 rings (SSSR count). The lowest BCUT2D eigenvalue weighted by atomic mass is 10.1. The van der Waals surface area contributed by atoms with Crippen molar-refractivity contribution in [3.8, 4) is 5.69 Å². The lowest BCUT2D eigenvalue weighted by molar-refractivity contribution is -0.121. The third-order valence-electron chi connectivity index (χ3n) is 4.36. The van der Waals surface area contributed by atoms with Crippen LogP contribution in [0.25, 0.3) is 16.7 Å². The fraction of sp³-hybridized carbons (Fsp3) is 0.400. The molecule has 0 saturated heterocycles. The van der Waals surface area contributed by atoms with Gasteiger partial charge in [0.1, 0.15) is 18.3 Å². The zero-order valence-electron chi connectivity index (χ0n) is 16.2. The molecule has 0 aliphatic carbocycles. The van der Waals surface area contributed by atoms with E-state index in [1.165, 1.54) is 17.1 Å². The molecule has 0 saturated carbocycles. The van der Waals surface area contributed by atoms with E-state index in [0.717, 1.165) is 23.2 Å². The van der Waals surface area contributed by atoms with Crippen LogP contribution in [0.2, 0.25) is 0 Å². The van der Waals surface area contributed by atoms with Gasteiger partial charge in [0.15, 0.2) is 5.65 Å². The maximum Gasteiger partial charge on any atom is 0.264 e. The van der Waals surface area contributed by atoms with Crippen molar-refractivity contribution in [1.82, 2.24) is 24.6 Å². The minimum absolute atomic E-state index is 0.0470. The molecule has 1 N–H and O–H groups in total. The average Bonchev–Trinajstić information content (AvgIpc) is 3.01. The first kappa shape index (κ1) is 18.8. The molecule has 0 atom stereocenters. The van der Waals surface area contributed by atoms with Crippen LogP contribution in [0, 0.1) is 19.8 Å². The van der Waals surface area contributed by atoms with Crippen LogP contribution in [0.5, 0.6) is 0 Å². The van der Waals surface area contributed by atoms with Crippen molar-refractivity contribution < 1.29 is 4.79 Å². The lowest BCUT2D eigenvalue weighted by Gasteiger charge is -2.09. The first-order chi connectivity index (χ1) is 12.8. The second-order valence-corrected chi connectivity index (χ2v) is 7.35. The number of aryl methyl sites for hydroxylation is 2. The van der Waals surface area contributed by atoms with Gasteiger partial charge in [-0.2, -0.15) is 5.10 Å². The highest BCUT2D eigenvalue weighted by Gasteiger charge is 2.13. The number of carbonyl (C=O) groups is 1. The molecule has 0 spiro atoms. The zero-order valence-corrected chi connectivity index (χ0v) is 16.2. The normalized spacial score (nSPS) is 11.3. The van der Waals surface area contributed by atoms with Gasteiger partial charge in [0.25, 0.3) is 5.56 Å². The number of hydrogen-bond acceptors (Lipinski definition) is 4. The summed E-state index contributed by atoms with van der Waals surface area (Å²) in [5.74, 6) is 0.322. The van der Waals surface area contributed by atoms with E-state index in [0.29, 0.717) is 23.5 Å². The summed E-state index contributed by atoms with van der Waals surface area (Å²) in [7, 11) is 0. The molecule has 2 heterocycles. The van der Waals surface area contributed by atoms with Gasteiger partial charge in [0, 0.05) is 6.54 Å². The summed E-state index contributed by atoms with van der Waals surface area (Å²) in [6.07, 6.45) is 3.82. The Kier molecular flexibility index (Phi) is 5.39. The summed E-state index contributed by atoms with van der Waals surface area (Å²) in [6.45, 7) is 8.78. The number of hydrogen-bond donors (Lipinski definition) is 1. The highest BCUT2D eigenvalue weighted by molar-refractivity contribution is 5.77. The van der Waals surface area contributed by atoms with Crippen molar-refractivity contribution >= 4 is 16.9 Å². The second-order valence-electron chi connectivity index (χ2n) is 7.35. The van der Waals surface area contributed by atoms with Crippen LogP contribution in [0.4, 0.5) is 0 Å². The van der Waals surface area contributed by atoms with Crippen LogP contribution < -0.4 is 10.9 Å². The van der Waals surface area contributed by atoms with Crippen LogP contribution in [0.1, 0.15) is 31.4 Å². The summed E-state index contributed by atoms with van der Waals surface area (Å²) in [5.41, 5.74) is 3.30. The molecule has 0 aliphatic heterocycles. The number of nitrogens with one attached hydrogen (secondary N) is 1. The molecule has 7 nitrogen and oxygen atoms in total. The smallest absolute Gasteiger partial charge is 0.264 e. The van der Waals surface area contributed by atoms with Crippen molar-refractivity contribution in [2.24, 2.45) is 5.92 Å². The van der Waals surface area contributed by atoms with E-state index in [1.54, 1.807) is 4.68 Å². The van der Waals surface area contributed by atoms with Crippen LogP contribution in [-0.2, 0) is 11.3 Å². The predicted octanol–water partition coefficient (Wildman–Crippen LogP) is 2.36. The third kappa shape index (κ3) is 4.24. The van der Waals surface area contributed by atoms with Gasteiger partial charge < -0.3 is 5.32 Å². The Hall–Kier alpha value is -2.96. The van der Waals surface area contributed by atoms with Gasteiger partial charge >= 0.3 is 0 Å². The molecule has 1 aromatic carbocycles. The summed E-state index contributed by atoms with van der Waals surface area (Å²) >= 11 is 0. The molecule has 0 unspecified atom stereocenters. The molecule has 1 amide bonds. The number of fused-ring (bicyclic) bond motifs is 1. The van der Waals surface area contributed by atoms with Crippen LogP contribution in [0.15, 0.2) is 35.5 Å². The molecule has 0 radical (unpaired) electrons. The quantitative estimate of drug-likeness (QED) is 0.725. The van der Waals surface area contributed by atoms with Crippen molar-refractivity contribution in [2.45, 2.75) is 40.7 Å². The number of aromatic nitrogens is 4. The van der Waals surface area contributed by atoms with Crippen LogP contribution in [0.3, 0.4) is 0 Å². The van der Waals surface area contributed by atoms with E-state index in [2.05, 4.69) is 35.3 Å². The Balaban J connectivity index is 1.86. The van der Waals surface area contributed by atoms with Gasteiger partial charge in [0.05, 0.1) is 11.9 Å². The number of benzene rings is 1. The summed E-state index contributed by atoms with van der Waals surface area (Å²) in [4.78, 5) is 29.2. The maximum absolute atomic E-state index is 12.7. The maximum atomic E-state index is 12.7. The van der Waals surface area contributed by atoms with Gasteiger partial charge in [-0.05, 0) is 49.4 Å². The minimum Gasteiger partial charge on any atom is -0.355 e. The monoisotopic (exact) mass is 367 g/mol. The van der Waals surface area contributed by atoms with Gasteiger partial charge in [-0.1, -0.05) is 19.9 Å². The number of carbonyl (C=O) groups excluding carboxylic acids is 1. The fourth-order valence-electron chi connectivity index (χ4n) is 3.03. The van der Waals surface area contributed by atoms with Gasteiger partial charge in [-0.25, -0.2) is 9.67 Å². The molecule has 0 fully saturated rings. The second kappa shape index (κ2) is 7.73. The topological polar surface area (TPSA) is 81.8 Å². The third-order valence-corrected chi connectivity index (χ3v) is 4.36.